The van der Waals surface area contributed by atoms with Crippen LogP contribution in [0.25, 0.3) is 0 Å². The van der Waals surface area contributed by atoms with Gasteiger partial charge in [-0.1, -0.05) is 23.6 Å². The van der Waals surface area contributed by atoms with Gasteiger partial charge in [0.1, 0.15) is 0 Å². The van der Waals surface area contributed by atoms with E-state index in [0.29, 0.717) is 0 Å². The maximum Gasteiger partial charge on any atom is 0.0845 e. The van der Waals surface area contributed by atoms with Crippen LogP contribution in [0.2, 0.25) is 5.02 Å². The number of anilines is 1. The van der Waals surface area contributed by atoms with Gasteiger partial charge in [-0.25, -0.2) is 0 Å². The standard InChI is InChI=1S/C11H12ClN/c1-4-8(2)13-11-7-5-6-10(12)9(11)3/h1,5-8,13H,2-3H3. The molecule has 0 saturated heterocycles. The van der Waals surface area contributed by atoms with Crippen molar-refractivity contribution < 1.29 is 0 Å². The molecule has 1 N–H and O–H groups in total. The first-order valence-electron chi connectivity index (χ1n) is 4.13. The Morgan fingerprint density at radius 1 is 1.54 bits per heavy atom. The second kappa shape index (κ2) is 4.20. The predicted octanol–water partition coefficient (Wildman–Crippen LogP) is 3.08. The van der Waals surface area contributed by atoms with Crippen molar-refractivity contribution in [1.29, 1.82) is 0 Å². The molecular weight excluding hydrogens is 182 g/mol. The van der Waals surface area contributed by atoms with Gasteiger partial charge in [0.25, 0.3) is 0 Å². The maximum absolute atomic E-state index is 5.95. The van der Waals surface area contributed by atoms with E-state index >= 15 is 0 Å². The van der Waals surface area contributed by atoms with Gasteiger partial charge in [0.2, 0.25) is 0 Å². The van der Waals surface area contributed by atoms with E-state index in [2.05, 4.69) is 11.2 Å². The molecule has 0 aliphatic heterocycles. The zero-order valence-electron chi connectivity index (χ0n) is 7.76. The van der Waals surface area contributed by atoms with Crippen molar-refractivity contribution in [2.75, 3.05) is 5.32 Å². The lowest BCUT2D eigenvalue weighted by atomic mass is 10.2. The first-order chi connectivity index (χ1) is 6.15. The molecule has 1 atom stereocenters. The summed E-state index contributed by atoms with van der Waals surface area (Å²) in [5.74, 6) is 2.61. The van der Waals surface area contributed by atoms with Gasteiger partial charge in [-0.05, 0) is 31.5 Å². The lowest BCUT2D eigenvalue weighted by Crippen LogP contribution is -2.12. The molecule has 13 heavy (non-hydrogen) atoms. The number of rotatable bonds is 2. The van der Waals surface area contributed by atoms with Gasteiger partial charge in [-0.2, -0.15) is 0 Å². The molecule has 1 nitrogen and oxygen atoms in total. The second-order valence-corrected chi connectivity index (χ2v) is 3.35. The van der Waals surface area contributed by atoms with E-state index in [1.165, 1.54) is 0 Å². The number of nitrogens with one attached hydrogen (secondary N) is 1. The predicted molar refractivity (Wildman–Crippen MR) is 58.1 cm³/mol. The molecule has 0 radical (unpaired) electrons. The summed E-state index contributed by atoms with van der Waals surface area (Å²) >= 11 is 5.95. The van der Waals surface area contributed by atoms with Gasteiger partial charge in [-0.3, -0.25) is 0 Å². The monoisotopic (exact) mass is 193 g/mol. The second-order valence-electron chi connectivity index (χ2n) is 2.95. The fourth-order valence-electron chi connectivity index (χ4n) is 1.04. The number of hydrogen-bond acceptors (Lipinski definition) is 1. The van der Waals surface area contributed by atoms with E-state index in [0.717, 1.165) is 16.3 Å². The molecule has 1 aromatic carbocycles. The van der Waals surface area contributed by atoms with Crippen LogP contribution in [0.3, 0.4) is 0 Å². The van der Waals surface area contributed by atoms with Crippen LogP contribution >= 0.6 is 11.6 Å². The van der Waals surface area contributed by atoms with Crippen molar-refractivity contribution in [3.63, 3.8) is 0 Å². The van der Waals surface area contributed by atoms with Gasteiger partial charge in [0, 0.05) is 10.7 Å². The minimum atomic E-state index is 0.0252. The van der Waals surface area contributed by atoms with E-state index < -0.39 is 0 Å². The first kappa shape index (κ1) is 9.95. The van der Waals surface area contributed by atoms with Gasteiger partial charge >= 0.3 is 0 Å². The Bertz CT molecular complexity index is 338. The molecule has 0 fully saturated rings. The maximum atomic E-state index is 5.95. The highest BCUT2D eigenvalue weighted by atomic mass is 35.5. The van der Waals surface area contributed by atoms with Crippen LogP contribution < -0.4 is 5.32 Å². The molecule has 0 bridgehead atoms. The lowest BCUT2D eigenvalue weighted by molar-refractivity contribution is 1.03. The molecule has 0 heterocycles. The van der Waals surface area contributed by atoms with E-state index in [1.807, 2.05) is 32.0 Å². The zero-order valence-corrected chi connectivity index (χ0v) is 8.52. The highest BCUT2D eigenvalue weighted by Crippen LogP contribution is 2.23. The minimum Gasteiger partial charge on any atom is -0.372 e. The van der Waals surface area contributed by atoms with Crippen molar-refractivity contribution in [3.8, 4) is 12.3 Å². The molecule has 0 aromatic heterocycles. The highest BCUT2D eigenvalue weighted by molar-refractivity contribution is 6.31. The Balaban J connectivity index is 2.90. The quantitative estimate of drug-likeness (QED) is 0.712. The van der Waals surface area contributed by atoms with Crippen molar-refractivity contribution in [3.05, 3.63) is 28.8 Å². The van der Waals surface area contributed by atoms with Crippen molar-refractivity contribution in [1.82, 2.24) is 0 Å². The molecule has 1 rings (SSSR count). The molecule has 0 aliphatic rings. The van der Waals surface area contributed by atoms with Gasteiger partial charge in [0.05, 0.1) is 6.04 Å². The highest BCUT2D eigenvalue weighted by Gasteiger charge is 2.02. The normalized spacial score (nSPS) is 11.8. The molecule has 0 aliphatic carbocycles. The van der Waals surface area contributed by atoms with Crippen molar-refractivity contribution in [2.24, 2.45) is 0 Å². The zero-order chi connectivity index (χ0) is 9.84. The molecule has 1 unspecified atom stereocenters. The third kappa shape index (κ3) is 2.40. The number of benzene rings is 1. The smallest absolute Gasteiger partial charge is 0.0845 e. The Morgan fingerprint density at radius 3 is 2.85 bits per heavy atom. The van der Waals surface area contributed by atoms with Gasteiger partial charge in [0.15, 0.2) is 0 Å². The number of terminal acetylenes is 1. The largest absolute Gasteiger partial charge is 0.372 e. The van der Waals surface area contributed by atoms with Gasteiger partial charge < -0.3 is 5.32 Å². The van der Waals surface area contributed by atoms with Crippen LogP contribution in [0.1, 0.15) is 12.5 Å². The summed E-state index contributed by atoms with van der Waals surface area (Å²) in [6.45, 7) is 3.90. The molecule has 2 heteroatoms. The summed E-state index contributed by atoms with van der Waals surface area (Å²) in [5, 5.41) is 3.94. The Hall–Kier alpha value is -1.13. The molecule has 0 spiro atoms. The Morgan fingerprint density at radius 2 is 2.23 bits per heavy atom. The summed E-state index contributed by atoms with van der Waals surface area (Å²) in [7, 11) is 0. The van der Waals surface area contributed by atoms with E-state index in [1.54, 1.807) is 0 Å². The fraction of sp³-hybridized carbons (Fsp3) is 0.273. The third-order valence-electron chi connectivity index (χ3n) is 1.89. The van der Waals surface area contributed by atoms with Crippen LogP contribution in [0.4, 0.5) is 5.69 Å². The SMILES string of the molecule is C#CC(C)Nc1cccc(Cl)c1C. The summed E-state index contributed by atoms with van der Waals surface area (Å²) in [6, 6.07) is 5.76. The number of halogens is 1. The third-order valence-corrected chi connectivity index (χ3v) is 2.30. The molecular formula is C11H12ClN. The van der Waals surface area contributed by atoms with Crippen LogP contribution in [-0.2, 0) is 0 Å². The van der Waals surface area contributed by atoms with Crippen LogP contribution in [0.15, 0.2) is 18.2 Å². The van der Waals surface area contributed by atoms with Crippen LogP contribution in [0, 0.1) is 19.3 Å². The summed E-state index contributed by atoms with van der Waals surface area (Å²) < 4.78 is 0. The van der Waals surface area contributed by atoms with Crippen molar-refractivity contribution >= 4 is 17.3 Å². The number of hydrogen-bond donors (Lipinski definition) is 1. The lowest BCUT2D eigenvalue weighted by Gasteiger charge is -2.12. The average Bonchev–Trinajstić information content (AvgIpc) is 2.13. The average molecular weight is 194 g/mol. The molecule has 1 aromatic rings. The molecule has 0 amide bonds. The Kier molecular flexibility index (Phi) is 3.22. The van der Waals surface area contributed by atoms with E-state index in [-0.39, 0.29) is 6.04 Å². The fourth-order valence-corrected chi connectivity index (χ4v) is 1.21. The summed E-state index contributed by atoms with van der Waals surface area (Å²) in [5.41, 5.74) is 2.03. The van der Waals surface area contributed by atoms with Crippen LogP contribution in [-0.4, -0.2) is 6.04 Å². The summed E-state index contributed by atoms with van der Waals surface area (Å²) in [6.07, 6.45) is 5.26. The van der Waals surface area contributed by atoms with Crippen molar-refractivity contribution in [2.45, 2.75) is 19.9 Å². The minimum absolute atomic E-state index is 0.0252. The summed E-state index contributed by atoms with van der Waals surface area (Å²) in [4.78, 5) is 0. The Labute approximate surface area is 84.1 Å². The topological polar surface area (TPSA) is 12.0 Å². The van der Waals surface area contributed by atoms with Gasteiger partial charge in [-0.15, -0.1) is 6.42 Å². The molecule has 0 saturated carbocycles. The van der Waals surface area contributed by atoms with Crippen LogP contribution in [0.5, 0.6) is 0 Å². The molecule has 68 valence electrons. The van der Waals surface area contributed by atoms with E-state index in [4.69, 9.17) is 18.0 Å². The van der Waals surface area contributed by atoms with E-state index in [9.17, 15) is 0 Å². The first-order valence-corrected chi connectivity index (χ1v) is 4.50.